The Balaban J connectivity index is 1.41. The third kappa shape index (κ3) is 5.13. The van der Waals surface area contributed by atoms with Gasteiger partial charge in [-0.1, -0.05) is 12.1 Å². The summed E-state index contributed by atoms with van der Waals surface area (Å²) in [7, 11) is 1.81. The zero-order valence-electron chi connectivity index (χ0n) is 17.2. The molecule has 0 spiro atoms. The Morgan fingerprint density at radius 1 is 1.16 bits per heavy atom. The molecule has 156 valence electrons. The van der Waals surface area contributed by atoms with Crippen molar-refractivity contribution in [1.82, 2.24) is 14.8 Å². The Morgan fingerprint density at radius 3 is 2.58 bits per heavy atom. The summed E-state index contributed by atoms with van der Waals surface area (Å²) in [6, 6.07) is 13.9. The summed E-state index contributed by atoms with van der Waals surface area (Å²) >= 11 is 1.64. The third-order valence-corrected chi connectivity index (χ3v) is 5.59. The highest BCUT2D eigenvalue weighted by atomic mass is 32.1. The van der Waals surface area contributed by atoms with E-state index in [1.807, 2.05) is 38.2 Å². The first kappa shape index (κ1) is 20.7. The Morgan fingerprint density at radius 2 is 1.90 bits per heavy atom. The van der Waals surface area contributed by atoms with E-state index in [-0.39, 0.29) is 11.7 Å². The second-order valence-electron chi connectivity index (χ2n) is 7.13. The molecule has 0 unspecified atom stereocenters. The van der Waals surface area contributed by atoms with E-state index in [9.17, 15) is 9.18 Å². The Bertz CT molecular complexity index is 1220. The number of rotatable bonds is 6. The second kappa shape index (κ2) is 9.06. The minimum Gasteiger partial charge on any atom is -0.323 e. The molecule has 0 aliphatic carbocycles. The number of carbonyl (C=O) groups excluding carboxylic acids is 1. The number of halogens is 1. The molecule has 0 bridgehead atoms. The topological polar surface area (TPSA) is 59.8 Å². The molecule has 0 atom stereocenters. The van der Waals surface area contributed by atoms with Crippen molar-refractivity contribution in [2.45, 2.75) is 13.3 Å². The van der Waals surface area contributed by atoms with Gasteiger partial charge in [-0.25, -0.2) is 9.37 Å². The van der Waals surface area contributed by atoms with Crippen LogP contribution in [0, 0.1) is 12.7 Å². The number of nitrogens with one attached hydrogen (secondary N) is 1. The second-order valence-corrected chi connectivity index (χ2v) is 8.20. The van der Waals surface area contributed by atoms with Crippen molar-refractivity contribution in [3.05, 3.63) is 93.8 Å². The predicted molar refractivity (Wildman–Crippen MR) is 122 cm³/mol. The van der Waals surface area contributed by atoms with Crippen LogP contribution in [-0.2, 0) is 18.3 Å². The summed E-state index contributed by atoms with van der Waals surface area (Å²) in [4.78, 5) is 16.9. The molecule has 0 saturated heterocycles. The van der Waals surface area contributed by atoms with E-state index in [4.69, 9.17) is 0 Å². The Hall–Kier alpha value is -3.58. The minimum atomic E-state index is -0.296. The molecule has 0 saturated carbocycles. The number of amides is 1. The fraction of sp³-hybridized carbons (Fsp3) is 0.125. The lowest BCUT2D eigenvalue weighted by Gasteiger charge is -2.05. The molecule has 0 aliphatic rings. The fourth-order valence-corrected chi connectivity index (χ4v) is 3.90. The fourth-order valence-electron chi connectivity index (χ4n) is 3.29. The van der Waals surface area contributed by atoms with Crippen molar-refractivity contribution in [1.29, 1.82) is 0 Å². The Labute approximate surface area is 183 Å². The van der Waals surface area contributed by atoms with Gasteiger partial charge in [0, 0.05) is 41.7 Å². The summed E-state index contributed by atoms with van der Waals surface area (Å²) in [6.45, 7) is 1.99. The molecule has 2 aromatic carbocycles. The van der Waals surface area contributed by atoms with Crippen LogP contribution in [0.5, 0.6) is 0 Å². The highest BCUT2D eigenvalue weighted by molar-refractivity contribution is 7.09. The van der Waals surface area contributed by atoms with Crippen molar-refractivity contribution in [2.75, 3.05) is 5.32 Å². The van der Waals surface area contributed by atoms with Gasteiger partial charge in [-0.15, -0.1) is 11.3 Å². The van der Waals surface area contributed by atoms with Crippen LogP contribution in [0.25, 0.3) is 17.3 Å². The first-order valence-electron chi connectivity index (χ1n) is 9.75. The first-order chi connectivity index (χ1) is 15.0. The lowest BCUT2D eigenvalue weighted by Crippen LogP contribution is -2.07. The molecule has 1 N–H and O–H groups in total. The van der Waals surface area contributed by atoms with Gasteiger partial charge < -0.3 is 5.32 Å². The molecule has 1 amide bonds. The first-order valence-corrected chi connectivity index (χ1v) is 10.6. The average molecular weight is 433 g/mol. The van der Waals surface area contributed by atoms with Gasteiger partial charge in [0.05, 0.1) is 22.6 Å². The summed E-state index contributed by atoms with van der Waals surface area (Å²) in [5.74, 6) is -0.535. The van der Waals surface area contributed by atoms with Crippen LogP contribution in [0.4, 0.5) is 10.1 Å². The molecule has 31 heavy (non-hydrogen) atoms. The molecule has 0 fully saturated rings. The monoisotopic (exact) mass is 432 g/mol. The van der Waals surface area contributed by atoms with Crippen molar-refractivity contribution >= 4 is 29.0 Å². The number of aryl methyl sites for hydroxylation is 2. The number of anilines is 1. The average Bonchev–Trinajstić information content (AvgIpc) is 3.33. The molecule has 2 aromatic heterocycles. The lowest BCUT2D eigenvalue weighted by molar-refractivity contribution is -0.111. The highest BCUT2D eigenvalue weighted by Gasteiger charge is 2.10. The number of benzene rings is 2. The summed E-state index contributed by atoms with van der Waals surface area (Å²) in [6.07, 6.45) is 5.62. The van der Waals surface area contributed by atoms with E-state index in [1.54, 1.807) is 40.4 Å². The van der Waals surface area contributed by atoms with Gasteiger partial charge in [-0.05, 0) is 55.0 Å². The summed E-state index contributed by atoms with van der Waals surface area (Å²) < 4.78 is 14.9. The van der Waals surface area contributed by atoms with Gasteiger partial charge in [-0.3, -0.25) is 9.48 Å². The van der Waals surface area contributed by atoms with Crippen LogP contribution in [0.2, 0.25) is 0 Å². The molecular formula is C24H21FN4OS. The maximum Gasteiger partial charge on any atom is 0.248 e. The van der Waals surface area contributed by atoms with Crippen LogP contribution >= 0.6 is 11.3 Å². The maximum absolute atomic E-state index is 13.2. The SMILES string of the molecule is Cc1nc(Cc2ccc(NC(=O)C=Cc3cnn(C)c3-c3ccc(F)cc3)cc2)cs1. The smallest absolute Gasteiger partial charge is 0.248 e. The maximum atomic E-state index is 13.2. The standard InChI is InChI=1S/C24H21FN4OS/c1-16-27-22(15-31-16)13-17-3-10-21(11-4-17)28-23(30)12-7-19-14-26-29(2)24(19)18-5-8-20(25)9-6-18/h3-12,14-15H,13H2,1-2H3,(H,28,30). The van der Waals surface area contributed by atoms with Crippen LogP contribution in [-0.4, -0.2) is 20.7 Å². The molecule has 4 aromatic rings. The van der Waals surface area contributed by atoms with E-state index < -0.39 is 0 Å². The molecule has 0 radical (unpaired) electrons. The van der Waals surface area contributed by atoms with E-state index in [1.165, 1.54) is 18.2 Å². The summed E-state index contributed by atoms with van der Waals surface area (Å²) in [5.41, 5.74) is 5.32. The van der Waals surface area contributed by atoms with E-state index in [0.717, 1.165) is 45.2 Å². The molecule has 4 rings (SSSR count). The largest absolute Gasteiger partial charge is 0.323 e. The van der Waals surface area contributed by atoms with Gasteiger partial charge in [0.15, 0.2) is 0 Å². The predicted octanol–water partition coefficient (Wildman–Crippen LogP) is 5.23. The number of hydrogen-bond donors (Lipinski definition) is 1. The highest BCUT2D eigenvalue weighted by Crippen LogP contribution is 2.24. The molecule has 7 heteroatoms. The van der Waals surface area contributed by atoms with Gasteiger partial charge >= 0.3 is 0 Å². The van der Waals surface area contributed by atoms with Crippen LogP contribution in [0.1, 0.15) is 21.8 Å². The van der Waals surface area contributed by atoms with Crippen LogP contribution in [0.3, 0.4) is 0 Å². The van der Waals surface area contributed by atoms with E-state index >= 15 is 0 Å². The molecule has 0 aliphatic heterocycles. The molecule has 5 nitrogen and oxygen atoms in total. The summed E-state index contributed by atoms with van der Waals surface area (Å²) in [5, 5.41) is 10.2. The lowest BCUT2D eigenvalue weighted by atomic mass is 10.1. The minimum absolute atomic E-state index is 0.239. The van der Waals surface area contributed by atoms with Crippen LogP contribution in [0.15, 0.2) is 66.2 Å². The van der Waals surface area contributed by atoms with Crippen molar-refractivity contribution < 1.29 is 9.18 Å². The normalized spacial score (nSPS) is 11.2. The van der Waals surface area contributed by atoms with Gasteiger partial charge in [0.25, 0.3) is 0 Å². The number of hydrogen-bond acceptors (Lipinski definition) is 4. The molecule has 2 heterocycles. The zero-order chi connectivity index (χ0) is 21.8. The van der Waals surface area contributed by atoms with Gasteiger partial charge in [-0.2, -0.15) is 5.10 Å². The van der Waals surface area contributed by atoms with Crippen molar-refractivity contribution in [2.24, 2.45) is 7.05 Å². The number of aromatic nitrogens is 3. The Kier molecular flexibility index (Phi) is 6.04. The van der Waals surface area contributed by atoms with Crippen LogP contribution < -0.4 is 5.32 Å². The molecular weight excluding hydrogens is 411 g/mol. The van der Waals surface area contributed by atoms with E-state index in [2.05, 4.69) is 20.8 Å². The van der Waals surface area contributed by atoms with Gasteiger partial charge in [0.1, 0.15) is 5.82 Å². The van der Waals surface area contributed by atoms with Gasteiger partial charge in [0.2, 0.25) is 5.91 Å². The van der Waals surface area contributed by atoms with E-state index in [0.29, 0.717) is 0 Å². The number of nitrogens with zero attached hydrogens (tertiary/aromatic N) is 3. The van der Waals surface area contributed by atoms with Crippen molar-refractivity contribution in [3.8, 4) is 11.3 Å². The van der Waals surface area contributed by atoms with Crippen molar-refractivity contribution in [3.63, 3.8) is 0 Å². The third-order valence-electron chi connectivity index (χ3n) is 4.77. The quantitative estimate of drug-likeness (QED) is 0.424. The number of thiazole rings is 1. The number of carbonyl (C=O) groups is 1. The zero-order valence-corrected chi connectivity index (χ0v) is 18.0.